The number of hydrogen-bond acceptors (Lipinski definition) is 5. The van der Waals surface area contributed by atoms with Gasteiger partial charge in [0.1, 0.15) is 5.04 Å². The highest BCUT2D eigenvalue weighted by Gasteiger charge is 2.39. The van der Waals surface area contributed by atoms with Crippen LogP contribution in [0, 0.1) is 13.8 Å². The van der Waals surface area contributed by atoms with Gasteiger partial charge in [-0.15, -0.1) is 0 Å². The summed E-state index contributed by atoms with van der Waals surface area (Å²) in [4.78, 5) is 25.1. The minimum atomic E-state index is -0.388. The van der Waals surface area contributed by atoms with Crippen LogP contribution in [0.2, 0.25) is 0 Å². The van der Waals surface area contributed by atoms with Gasteiger partial charge in [0, 0.05) is 41.7 Å². The maximum atomic E-state index is 12.7. The maximum Gasteiger partial charge on any atom is 0.234 e. The molecule has 31 heavy (non-hydrogen) atoms. The maximum absolute atomic E-state index is 12.7. The second-order valence-electron chi connectivity index (χ2n) is 8.38. The number of rotatable bonds is 4. The molecular weight excluding hydrogens is 472 g/mol. The molecule has 0 aromatic heterocycles. The molecule has 1 amide bonds. The van der Waals surface area contributed by atoms with Crippen LogP contribution in [0.15, 0.2) is 56.9 Å². The highest BCUT2D eigenvalue weighted by Crippen LogP contribution is 2.35. The van der Waals surface area contributed by atoms with E-state index in [0.29, 0.717) is 5.75 Å². The van der Waals surface area contributed by atoms with E-state index in [1.807, 2.05) is 38.1 Å². The Balaban J connectivity index is 1.51. The number of thioether (sulfide) groups is 1. The molecule has 162 valence electrons. The van der Waals surface area contributed by atoms with Gasteiger partial charge >= 0.3 is 0 Å². The lowest BCUT2D eigenvalue weighted by Crippen LogP contribution is -2.39. The third kappa shape index (κ3) is 5.45. The lowest BCUT2D eigenvalue weighted by molar-refractivity contribution is -0.113. The molecule has 0 aliphatic carbocycles. The number of likely N-dealkylation sites (tertiary alicyclic amines) is 1. The Labute approximate surface area is 196 Å². The molecule has 0 unspecified atom stereocenters. The van der Waals surface area contributed by atoms with Crippen molar-refractivity contribution in [1.82, 2.24) is 4.90 Å². The Bertz CT molecular complexity index is 1020. The highest BCUT2D eigenvalue weighted by atomic mass is 79.9. The molecular formula is C24H27BrN4OS. The van der Waals surface area contributed by atoms with Crippen LogP contribution >= 0.6 is 27.7 Å². The lowest BCUT2D eigenvalue weighted by atomic mass is 9.99. The normalized spacial score (nSPS) is 18.1. The van der Waals surface area contributed by atoms with Crippen molar-refractivity contribution in [2.75, 3.05) is 31.2 Å². The number of piperidine rings is 1. The standard InChI is InChI=1S/C24H27BrN4OS/c1-16-12-17(2)14-20(13-16)26-21(30)15-31-23-22(18-4-6-19(25)7-5-18)27-24(28-23)8-10-29(3)11-9-24/h4-7,12-14H,8-11,15H2,1-3H3,(H,26,30). The molecule has 0 saturated carbocycles. The summed E-state index contributed by atoms with van der Waals surface area (Å²) in [5.41, 5.74) is 4.67. The molecule has 1 saturated heterocycles. The number of halogens is 1. The summed E-state index contributed by atoms with van der Waals surface area (Å²) in [7, 11) is 2.14. The molecule has 4 rings (SSSR count). The number of nitrogens with zero attached hydrogens (tertiary/aromatic N) is 3. The van der Waals surface area contributed by atoms with Crippen molar-refractivity contribution in [2.24, 2.45) is 9.98 Å². The first kappa shape index (κ1) is 22.2. The number of aryl methyl sites for hydroxylation is 2. The predicted octanol–water partition coefficient (Wildman–Crippen LogP) is 5.06. The lowest BCUT2D eigenvalue weighted by Gasteiger charge is -2.33. The fraction of sp³-hybridized carbons (Fsp3) is 0.375. The molecule has 2 aliphatic rings. The topological polar surface area (TPSA) is 57.1 Å². The van der Waals surface area contributed by atoms with Crippen LogP contribution in [0.5, 0.6) is 0 Å². The number of amides is 1. The SMILES string of the molecule is Cc1cc(C)cc(NC(=O)CSC2=NC3(CCN(C)CC3)N=C2c2ccc(Br)cc2)c1. The Morgan fingerprint density at radius 1 is 1.10 bits per heavy atom. The fourth-order valence-corrected chi connectivity index (χ4v) is 5.14. The third-order valence-corrected chi connectivity index (χ3v) is 7.08. The second kappa shape index (κ2) is 9.27. The number of carbonyl (C=O) groups excluding carboxylic acids is 1. The van der Waals surface area contributed by atoms with Crippen LogP contribution in [0.1, 0.15) is 29.5 Å². The number of anilines is 1. The first-order valence-corrected chi connectivity index (χ1v) is 12.3. The van der Waals surface area contributed by atoms with Crippen LogP contribution in [0.4, 0.5) is 5.69 Å². The average molecular weight is 499 g/mol. The molecule has 0 atom stereocenters. The predicted molar refractivity (Wildman–Crippen MR) is 135 cm³/mol. The van der Waals surface area contributed by atoms with E-state index in [4.69, 9.17) is 9.98 Å². The molecule has 2 aromatic rings. The highest BCUT2D eigenvalue weighted by molar-refractivity contribution is 9.10. The molecule has 1 N–H and O–H groups in total. The summed E-state index contributed by atoms with van der Waals surface area (Å²) >= 11 is 4.98. The largest absolute Gasteiger partial charge is 0.325 e. The summed E-state index contributed by atoms with van der Waals surface area (Å²) in [5.74, 6) is 0.273. The zero-order valence-corrected chi connectivity index (χ0v) is 20.5. The van der Waals surface area contributed by atoms with Crippen LogP contribution in [0.3, 0.4) is 0 Å². The number of nitrogens with one attached hydrogen (secondary N) is 1. The summed E-state index contributed by atoms with van der Waals surface area (Å²) < 4.78 is 1.03. The Morgan fingerprint density at radius 2 is 1.74 bits per heavy atom. The van der Waals surface area contributed by atoms with Gasteiger partial charge in [0.05, 0.1) is 11.5 Å². The zero-order valence-electron chi connectivity index (χ0n) is 18.1. The van der Waals surface area contributed by atoms with Gasteiger partial charge in [-0.1, -0.05) is 45.9 Å². The van der Waals surface area contributed by atoms with Crippen LogP contribution in [-0.2, 0) is 4.79 Å². The minimum absolute atomic E-state index is 0.0304. The summed E-state index contributed by atoms with van der Waals surface area (Å²) in [6.07, 6.45) is 1.81. The molecule has 1 spiro atoms. The van der Waals surface area contributed by atoms with Gasteiger partial charge in [-0.3, -0.25) is 9.79 Å². The summed E-state index contributed by atoms with van der Waals surface area (Å²) in [6.45, 7) is 6.02. The molecule has 1 fully saturated rings. The third-order valence-electron chi connectivity index (χ3n) is 5.58. The average Bonchev–Trinajstić information content (AvgIpc) is 3.07. The van der Waals surface area contributed by atoms with Gasteiger partial charge in [-0.25, -0.2) is 4.99 Å². The van der Waals surface area contributed by atoms with Crippen LogP contribution in [0.25, 0.3) is 0 Å². The van der Waals surface area contributed by atoms with E-state index < -0.39 is 0 Å². The number of carbonyl (C=O) groups is 1. The van der Waals surface area contributed by atoms with Crippen molar-refractivity contribution in [2.45, 2.75) is 32.4 Å². The Hall–Kier alpha value is -1.96. The molecule has 2 heterocycles. The molecule has 2 aromatic carbocycles. The van der Waals surface area contributed by atoms with E-state index in [9.17, 15) is 4.79 Å². The first-order valence-electron chi connectivity index (χ1n) is 10.5. The van der Waals surface area contributed by atoms with Gasteiger partial charge in [0.15, 0.2) is 5.66 Å². The number of benzene rings is 2. The first-order chi connectivity index (χ1) is 14.8. The van der Waals surface area contributed by atoms with Crippen molar-refractivity contribution in [3.63, 3.8) is 0 Å². The molecule has 7 heteroatoms. The molecule has 0 bridgehead atoms. The van der Waals surface area contributed by atoms with Gasteiger partial charge in [-0.05, 0) is 56.3 Å². The van der Waals surface area contributed by atoms with Crippen molar-refractivity contribution in [1.29, 1.82) is 0 Å². The van der Waals surface area contributed by atoms with Crippen molar-refractivity contribution < 1.29 is 4.79 Å². The van der Waals surface area contributed by atoms with E-state index in [1.165, 1.54) is 11.8 Å². The van der Waals surface area contributed by atoms with Gasteiger partial charge in [-0.2, -0.15) is 0 Å². The van der Waals surface area contributed by atoms with Gasteiger partial charge in [0.2, 0.25) is 5.91 Å². The number of aliphatic imine (C=N–C) groups is 2. The Kier molecular flexibility index (Phi) is 6.65. The van der Waals surface area contributed by atoms with E-state index in [0.717, 1.165) is 63.5 Å². The van der Waals surface area contributed by atoms with Crippen molar-refractivity contribution >= 4 is 50.0 Å². The molecule has 0 radical (unpaired) electrons. The monoisotopic (exact) mass is 498 g/mol. The zero-order chi connectivity index (χ0) is 22.0. The van der Waals surface area contributed by atoms with Gasteiger partial charge in [0.25, 0.3) is 0 Å². The smallest absolute Gasteiger partial charge is 0.234 e. The van der Waals surface area contributed by atoms with Crippen molar-refractivity contribution in [3.05, 3.63) is 63.6 Å². The quantitative estimate of drug-likeness (QED) is 0.640. The number of hydrogen-bond donors (Lipinski definition) is 1. The van der Waals surface area contributed by atoms with E-state index in [1.54, 1.807) is 0 Å². The van der Waals surface area contributed by atoms with E-state index in [2.05, 4.69) is 51.4 Å². The second-order valence-corrected chi connectivity index (χ2v) is 10.3. The van der Waals surface area contributed by atoms with Gasteiger partial charge < -0.3 is 10.2 Å². The van der Waals surface area contributed by atoms with E-state index in [-0.39, 0.29) is 11.6 Å². The van der Waals surface area contributed by atoms with Crippen molar-refractivity contribution in [3.8, 4) is 0 Å². The molecule has 5 nitrogen and oxygen atoms in total. The van der Waals surface area contributed by atoms with Crippen LogP contribution < -0.4 is 5.32 Å². The summed E-state index contributed by atoms with van der Waals surface area (Å²) in [6, 6.07) is 14.2. The molecule has 2 aliphatic heterocycles. The fourth-order valence-electron chi connectivity index (χ4n) is 4.00. The van der Waals surface area contributed by atoms with E-state index >= 15 is 0 Å². The Morgan fingerprint density at radius 3 is 2.39 bits per heavy atom. The minimum Gasteiger partial charge on any atom is -0.325 e. The van der Waals surface area contributed by atoms with Crippen LogP contribution in [-0.4, -0.2) is 53.1 Å². The summed E-state index contributed by atoms with van der Waals surface area (Å²) in [5, 5.41) is 3.88.